The summed E-state index contributed by atoms with van der Waals surface area (Å²) < 4.78 is 11.2. The van der Waals surface area contributed by atoms with E-state index in [4.69, 9.17) is 9.47 Å². The smallest absolute Gasteiger partial charge is 0.262 e. The summed E-state index contributed by atoms with van der Waals surface area (Å²) in [6.45, 7) is 4.00. The van der Waals surface area contributed by atoms with E-state index in [9.17, 15) is 14.4 Å². The van der Waals surface area contributed by atoms with Crippen molar-refractivity contribution in [1.29, 1.82) is 0 Å². The Morgan fingerprint density at radius 2 is 1.74 bits per heavy atom. The highest BCUT2D eigenvalue weighted by molar-refractivity contribution is 6.00. The van der Waals surface area contributed by atoms with Gasteiger partial charge in [-0.15, -0.1) is 0 Å². The number of anilines is 3. The zero-order valence-electron chi connectivity index (χ0n) is 21.7. The van der Waals surface area contributed by atoms with Crippen molar-refractivity contribution in [3.63, 3.8) is 0 Å². The molecule has 0 aliphatic carbocycles. The summed E-state index contributed by atoms with van der Waals surface area (Å²) in [5.74, 6) is -0.606. The number of ether oxygens (including phenoxy) is 2. The van der Waals surface area contributed by atoms with Gasteiger partial charge in [-0.05, 0) is 54.8 Å². The normalized spacial score (nSPS) is 14.7. The number of benzene rings is 3. The molecule has 3 aromatic carbocycles. The van der Waals surface area contributed by atoms with Crippen molar-refractivity contribution in [3.05, 3.63) is 77.9 Å². The van der Waals surface area contributed by atoms with Gasteiger partial charge in [-0.2, -0.15) is 0 Å². The van der Waals surface area contributed by atoms with Crippen LogP contribution in [-0.2, 0) is 20.8 Å². The topological polar surface area (TPSA) is 109 Å². The minimum absolute atomic E-state index is 0.0977. The largest absolute Gasteiger partial charge is 0.493 e. The third-order valence-corrected chi connectivity index (χ3v) is 6.44. The highest BCUT2D eigenvalue weighted by Crippen LogP contribution is 2.35. The second kappa shape index (κ2) is 12.1. The van der Waals surface area contributed by atoms with E-state index < -0.39 is 5.92 Å². The highest BCUT2D eigenvalue weighted by atomic mass is 16.5. The van der Waals surface area contributed by atoms with E-state index in [0.29, 0.717) is 23.7 Å². The molecule has 0 spiro atoms. The monoisotopic (exact) mass is 516 g/mol. The van der Waals surface area contributed by atoms with Crippen LogP contribution in [0.1, 0.15) is 24.5 Å². The van der Waals surface area contributed by atoms with Crippen molar-refractivity contribution in [1.82, 2.24) is 5.43 Å². The number of carbonyl (C=O) groups excluding carboxylic acids is 3. The molecule has 0 aromatic heterocycles. The molecule has 1 aliphatic heterocycles. The molecule has 1 saturated heterocycles. The number of carbonyl (C=O) groups is 3. The predicted octanol–water partition coefficient (Wildman–Crippen LogP) is 4.08. The number of nitrogens with one attached hydrogen (secondary N) is 3. The number of nitrogens with zero attached hydrogens (tertiary/aromatic N) is 1. The van der Waals surface area contributed by atoms with Crippen molar-refractivity contribution >= 4 is 34.8 Å². The second-order valence-corrected chi connectivity index (χ2v) is 9.03. The fourth-order valence-corrected chi connectivity index (χ4v) is 4.24. The van der Waals surface area contributed by atoms with Gasteiger partial charge in [0.1, 0.15) is 0 Å². The lowest BCUT2D eigenvalue weighted by molar-refractivity contribution is -0.125. The third-order valence-electron chi connectivity index (χ3n) is 6.44. The van der Waals surface area contributed by atoms with Crippen LogP contribution in [0.2, 0.25) is 0 Å². The molecule has 0 bridgehead atoms. The van der Waals surface area contributed by atoms with E-state index in [1.165, 1.54) is 12.7 Å². The summed E-state index contributed by atoms with van der Waals surface area (Å²) in [5.41, 5.74) is 9.56. The molecule has 3 N–H and O–H groups in total. The molecule has 3 aromatic rings. The molecule has 1 fully saturated rings. The summed E-state index contributed by atoms with van der Waals surface area (Å²) >= 11 is 0. The Balaban J connectivity index is 1.37. The van der Waals surface area contributed by atoms with Crippen LogP contribution in [0, 0.1) is 12.8 Å². The number of hydrogen-bond acceptors (Lipinski definition) is 6. The zero-order chi connectivity index (χ0) is 27.1. The number of rotatable bonds is 10. The number of hydrazine groups is 1. The number of amides is 3. The molecule has 0 radical (unpaired) electrons. The van der Waals surface area contributed by atoms with Crippen molar-refractivity contribution in [2.75, 3.05) is 35.9 Å². The minimum atomic E-state index is -0.518. The fraction of sp³-hybridized carbons (Fsp3) is 0.276. The summed E-state index contributed by atoms with van der Waals surface area (Å²) in [4.78, 5) is 39.7. The number of methoxy groups -OCH3 is 1. The molecule has 9 heteroatoms. The van der Waals surface area contributed by atoms with E-state index in [1.54, 1.807) is 23.1 Å². The van der Waals surface area contributed by atoms with Gasteiger partial charge in [-0.1, -0.05) is 43.3 Å². The average molecular weight is 517 g/mol. The third kappa shape index (κ3) is 6.23. The first kappa shape index (κ1) is 26.5. The molecule has 3 amide bonds. The average Bonchev–Trinajstić information content (AvgIpc) is 3.33. The molecule has 38 heavy (non-hydrogen) atoms. The first-order valence-electron chi connectivity index (χ1n) is 12.5. The van der Waals surface area contributed by atoms with E-state index >= 15 is 0 Å². The Morgan fingerprint density at radius 3 is 2.45 bits per heavy atom. The second-order valence-electron chi connectivity index (χ2n) is 9.03. The van der Waals surface area contributed by atoms with Gasteiger partial charge < -0.3 is 19.7 Å². The maximum Gasteiger partial charge on any atom is 0.262 e. The maximum absolute atomic E-state index is 12.9. The number of aryl methyl sites for hydroxylation is 2. The Kier molecular flexibility index (Phi) is 8.47. The van der Waals surface area contributed by atoms with Gasteiger partial charge in [0, 0.05) is 24.3 Å². The van der Waals surface area contributed by atoms with Gasteiger partial charge in [0.25, 0.3) is 5.91 Å². The summed E-state index contributed by atoms with van der Waals surface area (Å²) in [6.07, 6.45) is 1.03. The SMILES string of the molecule is CCc1ccc(N2C[C@H](C(=O)NNc3cccc(OC)c3OCC(=O)Nc3ccccc3C)CC2=O)cc1. The van der Waals surface area contributed by atoms with Crippen LogP contribution >= 0.6 is 0 Å². The molecule has 1 heterocycles. The molecule has 0 unspecified atom stereocenters. The molecule has 1 atom stereocenters. The Hall–Kier alpha value is -4.53. The van der Waals surface area contributed by atoms with Gasteiger partial charge in [0.05, 0.1) is 18.7 Å². The van der Waals surface area contributed by atoms with Crippen LogP contribution in [-0.4, -0.2) is 38.0 Å². The van der Waals surface area contributed by atoms with Crippen molar-refractivity contribution in [3.8, 4) is 11.5 Å². The summed E-state index contributed by atoms with van der Waals surface area (Å²) in [6, 6.07) is 20.4. The lowest BCUT2D eigenvalue weighted by Crippen LogP contribution is -2.36. The Labute approximate surface area is 222 Å². The van der Waals surface area contributed by atoms with E-state index in [0.717, 1.165) is 17.7 Å². The Bertz CT molecular complexity index is 1310. The number of para-hydroxylation sites is 2. The molecule has 1 aliphatic rings. The van der Waals surface area contributed by atoms with Crippen LogP contribution in [0.25, 0.3) is 0 Å². The first-order chi connectivity index (χ1) is 18.4. The van der Waals surface area contributed by atoms with Crippen LogP contribution in [0.5, 0.6) is 11.5 Å². The lowest BCUT2D eigenvalue weighted by Gasteiger charge is -2.19. The molecular formula is C29H32N4O5. The van der Waals surface area contributed by atoms with E-state index in [2.05, 4.69) is 23.1 Å². The molecular weight excluding hydrogens is 484 g/mol. The van der Waals surface area contributed by atoms with Gasteiger partial charge in [0.2, 0.25) is 11.8 Å². The molecule has 4 rings (SSSR count). The molecule has 0 saturated carbocycles. The molecule has 198 valence electrons. The van der Waals surface area contributed by atoms with Crippen molar-refractivity contribution < 1.29 is 23.9 Å². The highest BCUT2D eigenvalue weighted by Gasteiger charge is 2.35. The standard InChI is InChI=1S/C29H32N4O5/c1-4-20-12-14-22(15-13-20)33-17-21(16-27(33)35)29(36)32-31-24-10-7-11-25(37-3)28(24)38-18-26(34)30-23-9-6-5-8-19(23)2/h5-15,21,31H,4,16-18H2,1-3H3,(H,30,34)(H,32,36)/t21-/m1/s1. The van der Waals surface area contributed by atoms with Crippen molar-refractivity contribution in [2.24, 2.45) is 5.92 Å². The van der Waals surface area contributed by atoms with Gasteiger partial charge in [-0.25, -0.2) is 0 Å². The van der Waals surface area contributed by atoms with Crippen LogP contribution < -0.4 is 30.5 Å². The minimum Gasteiger partial charge on any atom is -0.493 e. The van der Waals surface area contributed by atoms with Crippen LogP contribution in [0.3, 0.4) is 0 Å². The summed E-state index contributed by atoms with van der Waals surface area (Å²) in [7, 11) is 1.49. The number of hydrogen-bond donors (Lipinski definition) is 3. The van der Waals surface area contributed by atoms with Gasteiger partial charge in [0.15, 0.2) is 18.1 Å². The molecule has 9 nitrogen and oxygen atoms in total. The zero-order valence-corrected chi connectivity index (χ0v) is 21.7. The van der Waals surface area contributed by atoms with Gasteiger partial charge >= 0.3 is 0 Å². The first-order valence-corrected chi connectivity index (χ1v) is 12.5. The lowest BCUT2D eigenvalue weighted by atomic mass is 10.1. The van der Waals surface area contributed by atoms with Crippen LogP contribution in [0.4, 0.5) is 17.1 Å². The quantitative estimate of drug-likeness (QED) is 0.351. The van der Waals surface area contributed by atoms with E-state index in [-0.39, 0.29) is 36.5 Å². The van der Waals surface area contributed by atoms with Crippen molar-refractivity contribution in [2.45, 2.75) is 26.7 Å². The fourth-order valence-electron chi connectivity index (χ4n) is 4.24. The predicted molar refractivity (Wildman–Crippen MR) is 146 cm³/mol. The maximum atomic E-state index is 12.9. The van der Waals surface area contributed by atoms with Crippen LogP contribution in [0.15, 0.2) is 66.7 Å². The van der Waals surface area contributed by atoms with E-state index in [1.807, 2.05) is 55.5 Å². The van der Waals surface area contributed by atoms with Gasteiger partial charge in [-0.3, -0.25) is 25.2 Å². The Morgan fingerprint density at radius 1 is 1.00 bits per heavy atom. The summed E-state index contributed by atoms with van der Waals surface area (Å²) in [5, 5.41) is 2.82.